The van der Waals surface area contributed by atoms with Crippen molar-refractivity contribution in [2.24, 2.45) is 0 Å². The van der Waals surface area contributed by atoms with Crippen LogP contribution in [-0.4, -0.2) is 4.57 Å². The molecule has 9 aromatic carbocycles. The van der Waals surface area contributed by atoms with E-state index in [0.717, 1.165) is 66.9 Å². The third-order valence-electron chi connectivity index (χ3n) is 11.2. The second kappa shape index (κ2) is 13.6. The zero-order valence-corrected chi connectivity index (χ0v) is 31.1. The van der Waals surface area contributed by atoms with Crippen LogP contribution in [0.5, 0.6) is 0 Å². The number of para-hydroxylation sites is 4. The molecule has 0 aliphatic carbocycles. The summed E-state index contributed by atoms with van der Waals surface area (Å²) < 4.78 is 9.17. The van der Waals surface area contributed by atoms with E-state index < -0.39 is 0 Å². The Labute approximate surface area is 330 Å². The first kappa shape index (κ1) is 32.8. The van der Waals surface area contributed by atoms with Crippen molar-refractivity contribution in [1.82, 2.24) is 4.57 Å². The lowest BCUT2D eigenvalue weighted by Crippen LogP contribution is -2.12. The first-order chi connectivity index (χ1) is 28.3. The van der Waals surface area contributed by atoms with Crippen LogP contribution in [0.2, 0.25) is 0 Å². The molecule has 3 heteroatoms. The van der Waals surface area contributed by atoms with Gasteiger partial charge in [0.25, 0.3) is 0 Å². The minimum atomic E-state index is 0.845. The molecule has 0 amide bonds. The Kier molecular flexibility index (Phi) is 7.82. The SMILES string of the molecule is c1ccc(-c2ccccc2-c2c(-c3ccccc3)cccc2N(c2ccc(-n3c4ccccc4c4ccccc43)cc2)c2cccc3c2oc2ccccc23)cc1. The molecule has 3 nitrogen and oxygen atoms in total. The predicted molar refractivity (Wildman–Crippen MR) is 239 cm³/mol. The quantitative estimate of drug-likeness (QED) is 0.163. The molecule has 0 atom stereocenters. The Bertz CT molecular complexity index is 3180. The van der Waals surface area contributed by atoms with Gasteiger partial charge in [-0.2, -0.15) is 0 Å². The normalized spacial score (nSPS) is 11.5. The van der Waals surface area contributed by atoms with E-state index in [9.17, 15) is 0 Å². The van der Waals surface area contributed by atoms with Crippen LogP contribution in [0, 0.1) is 0 Å². The van der Waals surface area contributed by atoms with Gasteiger partial charge in [0.15, 0.2) is 5.58 Å². The minimum Gasteiger partial charge on any atom is -0.454 e. The zero-order chi connectivity index (χ0) is 37.7. The average molecular weight is 729 g/mol. The second-order valence-corrected chi connectivity index (χ2v) is 14.5. The summed E-state index contributed by atoms with van der Waals surface area (Å²) in [6.07, 6.45) is 0. The van der Waals surface area contributed by atoms with E-state index in [1.165, 1.54) is 32.9 Å². The van der Waals surface area contributed by atoms with E-state index in [4.69, 9.17) is 4.42 Å². The van der Waals surface area contributed by atoms with Crippen LogP contribution >= 0.6 is 0 Å². The van der Waals surface area contributed by atoms with Crippen LogP contribution < -0.4 is 4.90 Å². The molecule has 2 heterocycles. The van der Waals surface area contributed by atoms with Gasteiger partial charge in [-0.15, -0.1) is 0 Å². The van der Waals surface area contributed by atoms with Crippen LogP contribution in [0.15, 0.2) is 223 Å². The van der Waals surface area contributed by atoms with Gasteiger partial charge in [-0.05, 0) is 82.4 Å². The van der Waals surface area contributed by atoms with Crippen molar-refractivity contribution in [2.75, 3.05) is 4.90 Å². The Morgan fingerprint density at radius 2 is 0.860 bits per heavy atom. The highest BCUT2D eigenvalue weighted by atomic mass is 16.3. The summed E-state index contributed by atoms with van der Waals surface area (Å²) in [7, 11) is 0. The van der Waals surface area contributed by atoms with Crippen LogP contribution in [-0.2, 0) is 0 Å². The van der Waals surface area contributed by atoms with Gasteiger partial charge >= 0.3 is 0 Å². The van der Waals surface area contributed by atoms with E-state index in [1.807, 2.05) is 6.07 Å². The van der Waals surface area contributed by atoms with Crippen molar-refractivity contribution >= 4 is 60.8 Å². The minimum absolute atomic E-state index is 0.845. The van der Waals surface area contributed by atoms with E-state index in [-0.39, 0.29) is 0 Å². The van der Waals surface area contributed by atoms with Crippen LogP contribution in [0.3, 0.4) is 0 Å². The van der Waals surface area contributed by atoms with Crippen LogP contribution in [0.25, 0.3) is 82.8 Å². The zero-order valence-electron chi connectivity index (χ0n) is 31.1. The van der Waals surface area contributed by atoms with Gasteiger partial charge in [-0.3, -0.25) is 0 Å². The van der Waals surface area contributed by atoms with Gasteiger partial charge in [0, 0.05) is 38.5 Å². The first-order valence-electron chi connectivity index (χ1n) is 19.4. The molecule has 11 rings (SSSR count). The number of aromatic nitrogens is 1. The maximum atomic E-state index is 6.79. The number of hydrogen-bond donors (Lipinski definition) is 0. The fourth-order valence-electron chi connectivity index (χ4n) is 8.71. The number of hydrogen-bond acceptors (Lipinski definition) is 2. The predicted octanol–water partition coefficient (Wildman–Crippen LogP) is 15.2. The van der Waals surface area contributed by atoms with Gasteiger partial charge in [-0.25, -0.2) is 0 Å². The molecule has 11 aromatic rings. The Morgan fingerprint density at radius 1 is 0.351 bits per heavy atom. The molecular formula is C54H36N2O. The van der Waals surface area contributed by atoms with Gasteiger partial charge in [0.1, 0.15) is 5.58 Å². The standard InChI is InChI=1S/C54H36N2O/c1-3-17-37(18-4-1)41-21-7-8-25-46(41)53-42(38-19-5-2-6-20-38)26-15-30-50(53)56(51-31-16-27-47-45-24-11-14-32-52(45)57-54(47)51)40-35-33-39(34-36-40)55-48-28-12-9-22-43(48)44-23-10-13-29-49(44)55/h1-36H. The summed E-state index contributed by atoms with van der Waals surface area (Å²) in [6.45, 7) is 0. The average Bonchev–Trinajstić information content (AvgIpc) is 3.84. The fourth-order valence-corrected chi connectivity index (χ4v) is 8.71. The Balaban J connectivity index is 1.20. The first-order valence-corrected chi connectivity index (χ1v) is 19.4. The summed E-state index contributed by atoms with van der Waals surface area (Å²) in [4.78, 5) is 2.39. The second-order valence-electron chi connectivity index (χ2n) is 14.5. The van der Waals surface area contributed by atoms with Crippen molar-refractivity contribution in [3.05, 3.63) is 218 Å². The highest BCUT2D eigenvalue weighted by Crippen LogP contribution is 2.50. The summed E-state index contributed by atoms with van der Waals surface area (Å²) in [6, 6.07) is 78.1. The van der Waals surface area contributed by atoms with Crippen molar-refractivity contribution < 1.29 is 4.42 Å². The van der Waals surface area contributed by atoms with Crippen LogP contribution in [0.1, 0.15) is 0 Å². The molecule has 0 aliphatic heterocycles. The smallest absolute Gasteiger partial charge is 0.159 e. The van der Waals surface area contributed by atoms with E-state index in [1.54, 1.807) is 0 Å². The van der Waals surface area contributed by atoms with Crippen molar-refractivity contribution in [1.29, 1.82) is 0 Å². The highest BCUT2D eigenvalue weighted by Gasteiger charge is 2.25. The maximum Gasteiger partial charge on any atom is 0.159 e. The number of fused-ring (bicyclic) bond motifs is 6. The van der Waals surface area contributed by atoms with Gasteiger partial charge in [0.2, 0.25) is 0 Å². The number of anilines is 3. The molecule has 0 fully saturated rings. The van der Waals surface area contributed by atoms with Gasteiger partial charge in [0.05, 0.1) is 22.4 Å². The van der Waals surface area contributed by atoms with E-state index >= 15 is 0 Å². The lowest BCUT2D eigenvalue weighted by atomic mass is 9.87. The molecule has 0 radical (unpaired) electrons. The van der Waals surface area contributed by atoms with E-state index in [2.05, 4.69) is 222 Å². The van der Waals surface area contributed by atoms with Crippen LogP contribution in [0.4, 0.5) is 17.1 Å². The molecule has 0 aliphatic rings. The van der Waals surface area contributed by atoms with Crippen molar-refractivity contribution in [3.8, 4) is 39.1 Å². The molecule has 0 bridgehead atoms. The topological polar surface area (TPSA) is 21.3 Å². The fraction of sp³-hybridized carbons (Fsp3) is 0. The molecule has 0 saturated heterocycles. The molecule has 0 unspecified atom stereocenters. The molecule has 0 spiro atoms. The highest BCUT2D eigenvalue weighted by molar-refractivity contribution is 6.12. The number of furan rings is 1. The Morgan fingerprint density at radius 3 is 1.56 bits per heavy atom. The Hall–Kier alpha value is -7.62. The molecular weight excluding hydrogens is 693 g/mol. The van der Waals surface area contributed by atoms with Gasteiger partial charge in [-0.1, -0.05) is 164 Å². The molecule has 57 heavy (non-hydrogen) atoms. The monoisotopic (exact) mass is 728 g/mol. The third kappa shape index (κ3) is 5.43. The summed E-state index contributed by atoms with van der Waals surface area (Å²) in [5.74, 6) is 0. The number of benzene rings is 9. The lowest BCUT2D eigenvalue weighted by Gasteiger charge is -2.30. The van der Waals surface area contributed by atoms with Crippen molar-refractivity contribution in [3.63, 3.8) is 0 Å². The summed E-state index contributed by atoms with van der Waals surface area (Å²) in [5.41, 5.74) is 15.2. The van der Waals surface area contributed by atoms with E-state index in [0.29, 0.717) is 0 Å². The largest absolute Gasteiger partial charge is 0.454 e. The van der Waals surface area contributed by atoms with Gasteiger partial charge < -0.3 is 13.9 Å². The third-order valence-corrected chi connectivity index (χ3v) is 11.2. The number of nitrogens with zero attached hydrogens (tertiary/aromatic N) is 2. The molecule has 2 aromatic heterocycles. The number of rotatable bonds is 7. The summed E-state index contributed by atoms with van der Waals surface area (Å²) in [5, 5.41) is 4.67. The molecule has 268 valence electrons. The lowest BCUT2D eigenvalue weighted by molar-refractivity contribution is 0.669. The molecule has 0 N–H and O–H groups in total. The maximum absolute atomic E-state index is 6.79. The summed E-state index contributed by atoms with van der Waals surface area (Å²) >= 11 is 0. The molecule has 0 saturated carbocycles. The van der Waals surface area contributed by atoms with Crippen molar-refractivity contribution in [2.45, 2.75) is 0 Å².